The molecule has 0 radical (unpaired) electrons. The minimum absolute atomic E-state index is 0.321. The SMILES string of the molecule is CCC(N)C1CCN(c2ccc3c(c2)OCCO3)C1. The molecule has 0 spiro atoms. The number of anilines is 1. The third-order valence-corrected chi connectivity index (χ3v) is 4.19. The second-order valence-electron chi connectivity index (χ2n) is 5.39. The summed E-state index contributed by atoms with van der Waals surface area (Å²) in [5.41, 5.74) is 7.38. The van der Waals surface area contributed by atoms with E-state index < -0.39 is 0 Å². The van der Waals surface area contributed by atoms with Crippen LogP contribution < -0.4 is 20.1 Å². The molecule has 2 unspecified atom stereocenters. The number of benzene rings is 1. The van der Waals surface area contributed by atoms with Crippen molar-refractivity contribution >= 4 is 5.69 Å². The molecule has 0 saturated carbocycles. The van der Waals surface area contributed by atoms with E-state index in [9.17, 15) is 0 Å². The molecule has 1 aromatic rings. The molecule has 19 heavy (non-hydrogen) atoms. The summed E-state index contributed by atoms with van der Waals surface area (Å²) in [6.07, 6.45) is 2.24. The first kappa shape index (κ1) is 12.6. The molecule has 0 aromatic heterocycles. The maximum atomic E-state index is 6.16. The molecule has 2 aliphatic rings. The van der Waals surface area contributed by atoms with Gasteiger partial charge in [-0.25, -0.2) is 0 Å². The molecule has 0 aliphatic carbocycles. The van der Waals surface area contributed by atoms with E-state index in [1.54, 1.807) is 0 Å². The lowest BCUT2D eigenvalue weighted by molar-refractivity contribution is 0.171. The molecule has 1 saturated heterocycles. The molecule has 3 rings (SSSR count). The minimum atomic E-state index is 0.321. The predicted octanol–water partition coefficient (Wildman–Crippen LogP) is 2.02. The third-order valence-electron chi connectivity index (χ3n) is 4.19. The maximum absolute atomic E-state index is 6.16. The highest BCUT2D eigenvalue weighted by Crippen LogP contribution is 2.35. The third kappa shape index (κ3) is 2.50. The van der Waals surface area contributed by atoms with Gasteiger partial charge in [-0.1, -0.05) is 6.92 Å². The Kier molecular flexibility index (Phi) is 3.51. The van der Waals surface area contributed by atoms with E-state index in [0.29, 0.717) is 25.2 Å². The zero-order valence-corrected chi connectivity index (χ0v) is 11.5. The lowest BCUT2D eigenvalue weighted by atomic mass is 9.98. The number of hydrogen-bond acceptors (Lipinski definition) is 4. The molecule has 2 atom stereocenters. The highest BCUT2D eigenvalue weighted by atomic mass is 16.6. The van der Waals surface area contributed by atoms with Crippen LogP contribution >= 0.6 is 0 Å². The molecule has 1 fully saturated rings. The van der Waals surface area contributed by atoms with E-state index in [-0.39, 0.29) is 0 Å². The van der Waals surface area contributed by atoms with Gasteiger partial charge in [-0.2, -0.15) is 0 Å². The van der Waals surface area contributed by atoms with Crippen molar-refractivity contribution in [2.45, 2.75) is 25.8 Å². The standard InChI is InChI=1S/C15H22N2O2/c1-2-13(16)11-5-6-17(10-11)12-3-4-14-15(9-12)19-8-7-18-14/h3-4,9,11,13H,2,5-8,10,16H2,1H3. The van der Waals surface area contributed by atoms with Gasteiger partial charge in [-0.15, -0.1) is 0 Å². The molecule has 0 bridgehead atoms. The van der Waals surface area contributed by atoms with Crippen molar-refractivity contribution in [3.8, 4) is 11.5 Å². The van der Waals surface area contributed by atoms with Crippen molar-refractivity contribution in [2.24, 2.45) is 11.7 Å². The van der Waals surface area contributed by atoms with Crippen LogP contribution in [0.2, 0.25) is 0 Å². The second-order valence-corrected chi connectivity index (χ2v) is 5.39. The van der Waals surface area contributed by atoms with Crippen molar-refractivity contribution in [1.29, 1.82) is 0 Å². The van der Waals surface area contributed by atoms with Gasteiger partial charge in [0.1, 0.15) is 13.2 Å². The quantitative estimate of drug-likeness (QED) is 0.905. The molecular formula is C15H22N2O2. The molecular weight excluding hydrogens is 240 g/mol. The van der Waals surface area contributed by atoms with Gasteiger partial charge in [0.05, 0.1) is 0 Å². The summed E-state index contributed by atoms with van der Waals surface area (Å²) in [5, 5.41) is 0. The van der Waals surface area contributed by atoms with Crippen LogP contribution in [0.3, 0.4) is 0 Å². The molecule has 2 N–H and O–H groups in total. The maximum Gasteiger partial charge on any atom is 0.163 e. The van der Waals surface area contributed by atoms with Crippen LogP contribution in [0.25, 0.3) is 0 Å². The normalized spacial score (nSPS) is 23.5. The van der Waals surface area contributed by atoms with Gasteiger partial charge in [0, 0.05) is 30.9 Å². The van der Waals surface area contributed by atoms with Crippen LogP contribution in [0.5, 0.6) is 11.5 Å². The molecule has 2 heterocycles. The van der Waals surface area contributed by atoms with Crippen LogP contribution in [0.1, 0.15) is 19.8 Å². The minimum Gasteiger partial charge on any atom is -0.486 e. The Labute approximate surface area is 114 Å². The lowest BCUT2D eigenvalue weighted by Crippen LogP contribution is -2.31. The fourth-order valence-electron chi connectivity index (χ4n) is 2.93. The van der Waals surface area contributed by atoms with Gasteiger partial charge in [0.15, 0.2) is 11.5 Å². The Hall–Kier alpha value is -1.42. The lowest BCUT2D eigenvalue weighted by Gasteiger charge is -2.24. The van der Waals surface area contributed by atoms with Gasteiger partial charge in [-0.05, 0) is 30.9 Å². The van der Waals surface area contributed by atoms with E-state index in [1.165, 1.54) is 12.1 Å². The summed E-state index contributed by atoms with van der Waals surface area (Å²) in [4.78, 5) is 2.40. The van der Waals surface area contributed by atoms with Crippen LogP contribution in [-0.2, 0) is 0 Å². The first-order valence-electron chi connectivity index (χ1n) is 7.18. The van der Waals surface area contributed by atoms with Crippen molar-refractivity contribution < 1.29 is 9.47 Å². The summed E-state index contributed by atoms with van der Waals surface area (Å²) in [7, 11) is 0. The van der Waals surface area contributed by atoms with E-state index >= 15 is 0 Å². The summed E-state index contributed by atoms with van der Waals surface area (Å²) >= 11 is 0. The monoisotopic (exact) mass is 262 g/mol. The highest BCUT2D eigenvalue weighted by molar-refractivity contribution is 5.57. The van der Waals surface area contributed by atoms with Gasteiger partial charge in [0.2, 0.25) is 0 Å². The Morgan fingerprint density at radius 2 is 2.11 bits per heavy atom. The van der Waals surface area contributed by atoms with Crippen molar-refractivity contribution in [2.75, 3.05) is 31.2 Å². The Balaban J connectivity index is 1.73. The Morgan fingerprint density at radius 1 is 1.32 bits per heavy atom. The number of hydrogen-bond donors (Lipinski definition) is 1. The highest BCUT2D eigenvalue weighted by Gasteiger charge is 2.27. The average Bonchev–Trinajstić information content (AvgIpc) is 2.95. The first-order valence-corrected chi connectivity index (χ1v) is 7.18. The van der Waals surface area contributed by atoms with Crippen LogP contribution in [0, 0.1) is 5.92 Å². The van der Waals surface area contributed by atoms with Crippen molar-refractivity contribution in [3.63, 3.8) is 0 Å². The Bertz CT molecular complexity index is 450. The zero-order chi connectivity index (χ0) is 13.2. The van der Waals surface area contributed by atoms with Gasteiger partial charge >= 0.3 is 0 Å². The summed E-state index contributed by atoms with van der Waals surface area (Å²) in [5.74, 6) is 2.33. The second kappa shape index (κ2) is 5.29. The van der Waals surface area contributed by atoms with E-state index in [2.05, 4.69) is 24.0 Å². The molecule has 2 aliphatic heterocycles. The molecule has 0 amide bonds. The predicted molar refractivity (Wildman–Crippen MR) is 76.0 cm³/mol. The van der Waals surface area contributed by atoms with Crippen LogP contribution in [0.4, 0.5) is 5.69 Å². The number of ether oxygens (including phenoxy) is 2. The average molecular weight is 262 g/mol. The van der Waals surface area contributed by atoms with E-state index in [1.807, 2.05) is 6.07 Å². The molecule has 4 heteroatoms. The number of nitrogens with zero attached hydrogens (tertiary/aromatic N) is 1. The number of rotatable bonds is 3. The largest absolute Gasteiger partial charge is 0.486 e. The smallest absolute Gasteiger partial charge is 0.163 e. The number of fused-ring (bicyclic) bond motifs is 1. The topological polar surface area (TPSA) is 47.7 Å². The van der Waals surface area contributed by atoms with Gasteiger partial charge in [0.25, 0.3) is 0 Å². The Morgan fingerprint density at radius 3 is 2.89 bits per heavy atom. The molecule has 4 nitrogen and oxygen atoms in total. The van der Waals surface area contributed by atoms with E-state index in [4.69, 9.17) is 15.2 Å². The fraction of sp³-hybridized carbons (Fsp3) is 0.600. The van der Waals surface area contributed by atoms with Crippen LogP contribution in [-0.4, -0.2) is 32.3 Å². The van der Waals surface area contributed by atoms with Crippen LogP contribution in [0.15, 0.2) is 18.2 Å². The van der Waals surface area contributed by atoms with Crippen molar-refractivity contribution in [3.05, 3.63) is 18.2 Å². The summed E-state index contributed by atoms with van der Waals surface area (Å²) in [6.45, 7) is 5.58. The summed E-state index contributed by atoms with van der Waals surface area (Å²) < 4.78 is 11.2. The molecule has 1 aromatic carbocycles. The van der Waals surface area contributed by atoms with Crippen molar-refractivity contribution in [1.82, 2.24) is 0 Å². The zero-order valence-electron chi connectivity index (χ0n) is 11.5. The fourth-order valence-corrected chi connectivity index (χ4v) is 2.93. The van der Waals surface area contributed by atoms with Gasteiger partial charge in [-0.3, -0.25) is 0 Å². The number of nitrogens with two attached hydrogens (primary N) is 1. The van der Waals surface area contributed by atoms with E-state index in [0.717, 1.165) is 31.0 Å². The first-order chi connectivity index (χ1) is 9.28. The molecule has 104 valence electrons. The van der Waals surface area contributed by atoms with Gasteiger partial charge < -0.3 is 20.1 Å². The summed E-state index contributed by atoms with van der Waals surface area (Å²) in [6, 6.07) is 6.54.